The summed E-state index contributed by atoms with van der Waals surface area (Å²) in [5.41, 5.74) is 0. The third-order valence-corrected chi connectivity index (χ3v) is 3.77. The number of carbonyl (C=O) groups is 2. The second-order valence-corrected chi connectivity index (χ2v) is 5.29. The molecule has 0 aliphatic heterocycles. The molecule has 2 N–H and O–H groups in total. The summed E-state index contributed by atoms with van der Waals surface area (Å²) in [5.74, 6) is -1.11. The number of rotatable bonds is 7. The largest absolute Gasteiger partial charge is 0.481 e. The number of amides is 1. The van der Waals surface area contributed by atoms with Gasteiger partial charge in [0.2, 0.25) is 5.91 Å². The molecule has 2 atom stereocenters. The standard InChI is InChI=1S/C13H21NO4/c15-12(10-2-1-3-11(10)13(16)17)14-6-7-18-8-9-4-5-9/h9-11H,1-8H2,(H,14,15)(H,16,17)/t10-,11+/m1/s1. The van der Waals surface area contributed by atoms with E-state index in [1.807, 2.05) is 0 Å². The van der Waals surface area contributed by atoms with Crippen LogP contribution in [0.5, 0.6) is 0 Å². The quantitative estimate of drug-likeness (QED) is 0.666. The Bertz CT molecular complexity index is 314. The molecule has 0 aromatic carbocycles. The van der Waals surface area contributed by atoms with Crippen LogP contribution in [0, 0.1) is 17.8 Å². The molecule has 2 rings (SSSR count). The highest BCUT2D eigenvalue weighted by molar-refractivity contribution is 5.85. The molecule has 2 fully saturated rings. The molecule has 2 saturated carbocycles. The van der Waals surface area contributed by atoms with Gasteiger partial charge < -0.3 is 15.2 Å². The smallest absolute Gasteiger partial charge is 0.307 e. The molecule has 0 bridgehead atoms. The lowest BCUT2D eigenvalue weighted by atomic mass is 9.95. The molecule has 0 heterocycles. The molecule has 5 heteroatoms. The number of nitrogens with one attached hydrogen (secondary N) is 1. The van der Waals surface area contributed by atoms with Gasteiger partial charge in [-0.15, -0.1) is 0 Å². The van der Waals surface area contributed by atoms with Crippen LogP contribution in [-0.4, -0.2) is 36.7 Å². The Balaban J connectivity index is 1.62. The van der Waals surface area contributed by atoms with Crippen molar-refractivity contribution in [2.24, 2.45) is 17.8 Å². The zero-order valence-corrected chi connectivity index (χ0v) is 10.6. The number of carbonyl (C=O) groups excluding carboxylic acids is 1. The van der Waals surface area contributed by atoms with Gasteiger partial charge in [0.15, 0.2) is 0 Å². The summed E-state index contributed by atoms with van der Waals surface area (Å²) < 4.78 is 5.41. The number of hydrogen-bond acceptors (Lipinski definition) is 3. The van der Waals surface area contributed by atoms with Crippen molar-refractivity contribution in [3.63, 3.8) is 0 Å². The van der Waals surface area contributed by atoms with Gasteiger partial charge in [0, 0.05) is 13.2 Å². The zero-order valence-electron chi connectivity index (χ0n) is 10.6. The van der Waals surface area contributed by atoms with Crippen molar-refractivity contribution in [3.05, 3.63) is 0 Å². The van der Waals surface area contributed by atoms with E-state index in [1.165, 1.54) is 12.8 Å². The molecule has 5 nitrogen and oxygen atoms in total. The average molecular weight is 255 g/mol. The summed E-state index contributed by atoms with van der Waals surface area (Å²) in [6, 6.07) is 0. The number of carboxylic acids is 1. The van der Waals surface area contributed by atoms with E-state index in [4.69, 9.17) is 9.84 Å². The fourth-order valence-corrected chi connectivity index (χ4v) is 2.48. The molecular formula is C13H21NO4. The van der Waals surface area contributed by atoms with E-state index in [0.29, 0.717) is 26.0 Å². The lowest BCUT2D eigenvalue weighted by molar-refractivity contribution is -0.146. The Morgan fingerprint density at radius 1 is 1.17 bits per heavy atom. The molecule has 1 amide bonds. The van der Waals surface area contributed by atoms with Crippen LogP contribution in [-0.2, 0) is 14.3 Å². The van der Waals surface area contributed by atoms with Crippen LogP contribution < -0.4 is 5.32 Å². The van der Waals surface area contributed by atoms with E-state index < -0.39 is 11.9 Å². The summed E-state index contributed by atoms with van der Waals surface area (Å²) in [4.78, 5) is 22.8. The lowest BCUT2D eigenvalue weighted by Gasteiger charge is -2.15. The molecular weight excluding hydrogens is 234 g/mol. The first-order valence-electron chi connectivity index (χ1n) is 6.76. The van der Waals surface area contributed by atoms with Crippen molar-refractivity contribution in [1.29, 1.82) is 0 Å². The molecule has 0 spiro atoms. The van der Waals surface area contributed by atoms with Gasteiger partial charge in [-0.3, -0.25) is 9.59 Å². The molecule has 0 radical (unpaired) electrons. The van der Waals surface area contributed by atoms with Crippen molar-refractivity contribution >= 4 is 11.9 Å². The molecule has 0 aromatic heterocycles. The zero-order chi connectivity index (χ0) is 13.0. The molecule has 2 aliphatic carbocycles. The Kier molecular flexibility index (Phi) is 4.58. The van der Waals surface area contributed by atoms with E-state index in [9.17, 15) is 9.59 Å². The maximum atomic E-state index is 11.8. The summed E-state index contributed by atoms with van der Waals surface area (Å²) >= 11 is 0. The van der Waals surface area contributed by atoms with Gasteiger partial charge in [-0.25, -0.2) is 0 Å². The van der Waals surface area contributed by atoms with Crippen molar-refractivity contribution in [1.82, 2.24) is 5.32 Å². The molecule has 0 unspecified atom stereocenters. The van der Waals surface area contributed by atoms with Crippen LogP contribution in [0.3, 0.4) is 0 Å². The first kappa shape index (κ1) is 13.3. The van der Waals surface area contributed by atoms with Crippen LogP contribution in [0.4, 0.5) is 0 Å². The molecule has 0 saturated heterocycles. The fraction of sp³-hybridized carbons (Fsp3) is 0.846. The summed E-state index contributed by atoms with van der Waals surface area (Å²) in [5, 5.41) is 11.8. The second kappa shape index (κ2) is 6.18. The van der Waals surface area contributed by atoms with E-state index in [0.717, 1.165) is 18.9 Å². The van der Waals surface area contributed by atoms with Gasteiger partial charge in [-0.2, -0.15) is 0 Å². The van der Waals surface area contributed by atoms with E-state index in [2.05, 4.69) is 5.32 Å². The van der Waals surface area contributed by atoms with Crippen LogP contribution in [0.15, 0.2) is 0 Å². The SMILES string of the molecule is O=C(O)[C@H]1CCC[C@H]1C(=O)NCCOCC1CC1. The predicted molar refractivity (Wildman–Crippen MR) is 65.0 cm³/mol. The number of carboxylic acid groups (broad SMARTS) is 1. The monoisotopic (exact) mass is 255 g/mol. The highest BCUT2D eigenvalue weighted by Gasteiger charge is 2.37. The fourth-order valence-electron chi connectivity index (χ4n) is 2.48. The maximum absolute atomic E-state index is 11.8. The third-order valence-electron chi connectivity index (χ3n) is 3.77. The Labute approximate surface area is 107 Å². The summed E-state index contributed by atoms with van der Waals surface area (Å²) in [7, 11) is 0. The average Bonchev–Trinajstić information content (AvgIpc) is 3.02. The number of ether oxygens (including phenoxy) is 1. The lowest BCUT2D eigenvalue weighted by Crippen LogP contribution is -2.36. The molecule has 102 valence electrons. The van der Waals surface area contributed by atoms with Crippen LogP contribution >= 0.6 is 0 Å². The van der Waals surface area contributed by atoms with E-state index in [-0.39, 0.29) is 11.8 Å². The summed E-state index contributed by atoms with van der Waals surface area (Å²) in [6.45, 7) is 1.79. The van der Waals surface area contributed by atoms with Crippen LogP contribution in [0.1, 0.15) is 32.1 Å². The Hall–Kier alpha value is -1.10. The van der Waals surface area contributed by atoms with Crippen molar-refractivity contribution < 1.29 is 19.4 Å². The van der Waals surface area contributed by atoms with Gasteiger partial charge in [0.25, 0.3) is 0 Å². The highest BCUT2D eigenvalue weighted by Crippen LogP contribution is 2.32. The first-order chi connectivity index (χ1) is 8.68. The third kappa shape index (κ3) is 3.70. The normalized spacial score (nSPS) is 27.1. The van der Waals surface area contributed by atoms with Gasteiger partial charge in [-0.1, -0.05) is 6.42 Å². The Morgan fingerprint density at radius 2 is 1.89 bits per heavy atom. The minimum atomic E-state index is -0.849. The number of aliphatic carboxylic acids is 1. The minimum absolute atomic E-state index is 0.130. The van der Waals surface area contributed by atoms with Crippen molar-refractivity contribution in [2.45, 2.75) is 32.1 Å². The predicted octanol–water partition coefficient (Wildman–Crippen LogP) is 1.03. The molecule has 0 aromatic rings. The van der Waals surface area contributed by atoms with Gasteiger partial charge in [-0.05, 0) is 31.6 Å². The minimum Gasteiger partial charge on any atom is -0.481 e. The topological polar surface area (TPSA) is 75.6 Å². The van der Waals surface area contributed by atoms with Crippen molar-refractivity contribution in [2.75, 3.05) is 19.8 Å². The van der Waals surface area contributed by atoms with Crippen LogP contribution in [0.2, 0.25) is 0 Å². The van der Waals surface area contributed by atoms with Crippen molar-refractivity contribution in [3.8, 4) is 0 Å². The number of hydrogen-bond donors (Lipinski definition) is 2. The maximum Gasteiger partial charge on any atom is 0.307 e. The van der Waals surface area contributed by atoms with Gasteiger partial charge in [0.1, 0.15) is 0 Å². The van der Waals surface area contributed by atoms with Gasteiger partial charge >= 0.3 is 5.97 Å². The highest BCUT2D eigenvalue weighted by atomic mass is 16.5. The molecule has 18 heavy (non-hydrogen) atoms. The first-order valence-corrected chi connectivity index (χ1v) is 6.76. The van der Waals surface area contributed by atoms with Crippen LogP contribution in [0.25, 0.3) is 0 Å². The second-order valence-electron chi connectivity index (χ2n) is 5.29. The van der Waals surface area contributed by atoms with Gasteiger partial charge in [0.05, 0.1) is 18.4 Å². The Morgan fingerprint density at radius 3 is 2.56 bits per heavy atom. The summed E-state index contributed by atoms with van der Waals surface area (Å²) in [6.07, 6.45) is 4.65. The van der Waals surface area contributed by atoms with E-state index >= 15 is 0 Å². The van der Waals surface area contributed by atoms with E-state index in [1.54, 1.807) is 0 Å². The molecule has 2 aliphatic rings.